The molecule has 1 aliphatic heterocycles. The maximum atomic E-state index is 13.3. The van der Waals surface area contributed by atoms with Crippen LogP contribution in [0.1, 0.15) is 71.3 Å². The van der Waals surface area contributed by atoms with Crippen LogP contribution in [0.2, 0.25) is 0 Å². The molecule has 0 spiro atoms. The van der Waals surface area contributed by atoms with Crippen molar-refractivity contribution >= 4 is 11.8 Å². The van der Waals surface area contributed by atoms with Crippen LogP contribution in [0.15, 0.2) is 35.8 Å². The second kappa shape index (κ2) is 7.71. The Balaban J connectivity index is 1.43. The van der Waals surface area contributed by atoms with Crippen molar-refractivity contribution in [2.24, 2.45) is 34.5 Å². The standard InChI is InChI=1S/C27H37N3O2/c1-17-13-19-21-8-5-10-26(21,2)11-9-22(19)27(3)14-20(25(32)30(4)23(17)27)24(31)29-16-18-7-6-12-28-15-18/h6-7,12,15,19-22H,5,8-11,13-14,16H2,1-4H3,(H,29,31)/t19-,20?,21-,22+,26-,27+/m0/s1. The molecule has 1 aromatic heterocycles. The molecule has 1 unspecified atom stereocenters. The fourth-order valence-corrected chi connectivity index (χ4v) is 8.26. The maximum Gasteiger partial charge on any atom is 0.239 e. The molecule has 0 aromatic carbocycles. The molecule has 2 amide bonds. The van der Waals surface area contributed by atoms with Crippen molar-refractivity contribution in [1.82, 2.24) is 15.2 Å². The molecular formula is C27H37N3O2. The molecule has 4 aliphatic rings. The molecule has 3 fully saturated rings. The molecule has 6 atom stereocenters. The molecule has 2 heterocycles. The molecular weight excluding hydrogens is 398 g/mol. The lowest BCUT2D eigenvalue weighted by molar-refractivity contribution is -0.149. The number of rotatable bonds is 3. The van der Waals surface area contributed by atoms with E-state index in [2.05, 4.69) is 31.1 Å². The van der Waals surface area contributed by atoms with Crippen LogP contribution < -0.4 is 5.32 Å². The Morgan fingerprint density at radius 1 is 1.25 bits per heavy atom. The Hall–Kier alpha value is -2.17. The third-order valence-corrected chi connectivity index (χ3v) is 9.62. The number of fused-ring (bicyclic) bond motifs is 5. The van der Waals surface area contributed by atoms with E-state index in [1.54, 1.807) is 12.4 Å². The number of pyridine rings is 1. The van der Waals surface area contributed by atoms with Crippen LogP contribution in [0.4, 0.5) is 0 Å². The van der Waals surface area contributed by atoms with E-state index in [4.69, 9.17) is 0 Å². The molecule has 5 heteroatoms. The Bertz CT molecular complexity index is 957. The largest absolute Gasteiger partial charge is 0.351 e. The number of allylic oxidation sites excluding steroid dienone is 2. The molecule has 32 heavy (non-hydrogen) atoms. The lowest BCUT2D eigenvalue weighted by Gasteiger charge is -2.59. The van der Waals surface area contributed by atoms with Gasteiger partial charge in [-0.15, -0.1) is 0 Å². The van der Waals surface area contributed by atoms with Gasteiger partial charge in [-0.1, -0.05) is 31.9 Å². The number of hydrogen-bond acceptors (Lipinski definition) is 3. The summed E-state index contributed by atoms with van der Waals surface area (Å²) in [5.74, 6) is 1.21. The van der Waals surface area contributed by atoms with Crippen molar-refractivity contribution in [2.45, 2.75) is 72.3 Å². The van der Waals surface area contributed by atoms with Gasteiger partial charge in [0.05, 0.1) is 0 Å². The minimum atomic E-state index is -0.617. The zero-order valence-electron chi connectivity index (χ0n) is 20.0. The van der Waals surface area contributed by atoms with Gasteiger partial charge in [0.2, 0.25) is 11.8 Å². The third-order valence-electron chi connectivity index (χ3n) is 9.62. The van der Waals surface area contributed by atoms with E-state index < -0.39 is 5.92 Å². The molecule has 1 aromatic rings. The Labute approximate surface area is 192 Å². The number of nitrogens with zero attached hydrogens (tertiary/aromatic N) is 2. The minimum absolute atomic E-state index is 0.0551. The van der Waals surface area contributed by atoms with Crippen LogP contribution in [0.5, 0.6) is 0 Å². The first-order chi connectivity index (χ1) is 15.2. The molecule has 2 saturated carbocycles. The summed E-state index contributed by atoms with van der Waals surface area (Å²) in [4.78, 5) is 32.5. The highest BCUT2D eigenvalue weighted by atomic mass is 16.2. The van der Waals surface area contributed by atoms with Crippen LogP contribution in [0.25, 0.3) is 0 Å². The summed E-state index contributed by atoms with van der Waals surface area (Å²) in [6.45, 7) is 7.51. The summed E-state index contributed by atoms with van der Waals surface area (Å²) >= 11 is 0. The zero-order valence-corrected chi connectivity index (χ0v) is 20.0. The first kappa shape index (κ1) is 21.7. The van der Waals surface area contributed by atoms with Gasteiger partial charge in [-0.05, 0) is 80.2 Å². The van der Waals surface area contributed by atoms with Crippen LogP contribution in [-0.4, -0.2) is 28.7 Å². The number of aromatic nitrogens is 1. The number of piperidine rings is 1. The monoisotopic (exact) mass is 435 g/mol. The van der Waals surface area contributed by atoms with Gasteiger partial charge < -0.3 is 10.2 Å². The number of likely N-dealkylation sites (tertiary alicyclic amines) is 1. The lowest BCUT2D eigenvalue weighted by Crippen LogP contribution is -2.58. The molecule has 0 bridgehead atoms. The Morgan fingerprint density at radius 2 is 2.06 bits per heavy atom. The van der Waals surface area contributed by atoms with Crippen LogP contribution in [0.3, 0.4) is 0 Å². The van der Waals surface area contributed by atoms with Gasteiger partial charge in [0.15, 0.2) is 0 Å². The highest BCUT2D eigenvalue weighted by Crippen LogP contribution is 2.65. The van der Waals surface area contributed by atoms with E-state index in [1.807, 2.05) is 24.1 Å². The molecule has 5 rings (SSSR count). The van der Waals surface area contributed by atoms with Crippen LogP contribution in [0, 0.1) is 34.5 Å². The maximum absolute atomic E-state index is 13.3. The summed E-state index contributed by atoms with van der Waals surface area (Å²) < 4.78 is 0. The number of amides is 2. The van der Waals surface area contributed by atoms with E-state index in [0.717, 1.165) is 17.9 Å². The van der Waals surface area contributed by atoms with Gasteiger partial charge in [-0.25, -0.2) is 0 Å². The fraction of sp³-hybridized carbons (Fsp3) is 0.667. The molecule has 0 radical (unpaired) electrons. The van der Waals surface area contributed by atoms with Crippen LogP contribution in [-0.2, 0) is 16.1 Å². The average Bonchev–Trinajstić information content (AvgIpc) is 3.17. The zero-order chi connectivity index (χ0) is 22.7. The fourth-order valence-electron chi connectivity index (χ4n) is 8.26. The van der Waals surface area contributed by atoms with Crippen molar-refractivity contribution in [2.75, 3.05) is 7.05 Å². The summed E-state index contributed by atoms with van der Waals surface area (Å²) in [6.07, 6.45) is 11.8. The van der Waals surface area contributed by atoms with Gasteiger partial charge in [0.1, 0.15) is 5.92 Å². The van der Waals surface area contributed by atoms with Gasteiger partial charge in [-0.3, -0.25) is 14.6 Å². The van der Waals surface area contributed by atoms with E-state index in [9.17, 15) is 9.59 Å². The van der Waals surface area contributed by atoms with Gasteiger partial charge in [0, 0.05) is 37.1 Å². The van der Waals surface area contributed by atoms with E-state index in [1.165, 1.54) is 43.4 Å². The Kier molecular flexibility index (Phi) is 5.22. The number of carbonyl (C=O) groups excluding carboxylic acids is 2. The summed E-state index contributed by atoms with van der Waals surface area (Å²) in [5, 5.41) is 3.02. The van der Waals surface area contributed by atoms with Gasteiger partial charge in [-0.2, -0.15) is 0 Å². The number of hydrogen-bond donors (Lipinski definition) is 1. The first-order valence-electron chi connectivity index (χ1n) is 12.4. The van der Waals surface area contributed by atoms with E-state index in [-0.39, 0.29) is 17.2 Å². The predicted octanol–water partition coefficient (Wildman–Crippen LogP) is 4.69. The molecule has 1 saturated heterocycles. The average molecular weight is 436 g/mol. The Morgan fingerprint density at radius 3 is 2.81 bits per heavy atom. The molecule has 5 nitrogen and oxygen atoms in total. The summed E-state index contributed by atoms with van der Waals surface area (Å²) in [5.41, 5.74) is 3.91. The van der Waals surface area contributed by atoms with E-state index in [0.29, 0.717) is 30.2 Å². The lowest BCUT2D eigenvalue weighted by atomic mass is 9.48. The third kappa shape index (κ3) is 3.22. The van der Waals surface area contributed by atoms with Crippen molar-refractivity contribution in [3.8, 4) is 0 Å². The number of nitrogens with one attached hydrogen (secondary N) is 1. The highest BCUT2D eigenvalue weighted by molar-refractivity contribution is 6.01. The predicted molar refractivity (Wildman–Crippen MR) is 124 cm³/mol. The van der Waals surface area contributed by atoms with Crippen molar-refractivity contribution in [3.05, 3.63) is 41.4 Å². The second-order valence-electron chi connectivity index (χ2n) is 11.4. The second-order valence-corrected chi connectivity index (χ2v) is 11.4. The normalized spacial score (nSPS) is 38.8. The van der Waals surface area contributed by atoms with Crippen LogP contribution >= 0.6 is 0 Å². The summed E-state index contributed by atoms with van der Waals surface area (Å²) in [6, 6.07) is 3.81. The smallest absolute Gasteiger partial charge is 0.239 e. The SMILES string of the molecule is CC1=C2N(C)C(=O)C(C(=O)NCc3cccnc3)C[C@]2(C)[C@@H]2CC[C@]3(C)CCC[C@H]3[C@@H]2C1. The molecule has 172 valence electrons. The van der Waals surface area contributed by atoms with Gasteiger partial charge in [0.25, 0.3) is 0 Å². The molecule has 1 N–H and O–H groups in total. The van der Waals surface area contributed by atoms with Gasteiger partial charge >= 0.3 is 0 Å². The van der Waals surface area contributed by atoms with E-state index >= 15 is 0 Å². The highest BCUT2D eigenvalue weighted by Gasteiger charge is 2.59. The quantitative estimate of drug-likeness (QED) is 0.701. The first-order valence-corrected chi connectivity index (χ1v) is 12.4. The topological polar surface area (TPSA) is 62.3 Å². The van der Waals surface area contributed by atoms with Crippen molar-refractivity contribution < 1.29 is 9.59 Å². The van der Waals surface area contributed by atoms with Crippen molar-refractivity contribution in [1.29, 1.82) is 0 Å². The summed E-state index contributed by atoms with van der Waals surface area (Å²) in [7, 11) is 1.89. The van der Waals surface area contributed by atoms with Crippen molar-refractivity contribution in [3.63, 3.8) is 0 Å². The minimum Gasteiger partial charge on any atom is -0.351 e. The molecule has 3 aliphatic carbocycles. The number of carbonyl (C=O) groups is 2.